The highest BCUT2D eigenvalue weighted by Gasteiger charge is 2.18. The maximum absolute atomic E-state index is 11.7. The van der Waals surface area contributed by atoms with Gasteiger partial charge in [-0.25, -0.2) is 0 Å². The summed E-state index contributed by atoms with van der Waals surface area (Å²) < 4.78 is 5.47. The average molecular weight is 311 g/mol. The van der Waals surface area contributed by atoms with Gasteiger partial charge in [0.25, 0.3) is 0 Å². The van der Waals surface area contributed by atoms with Crippen molar-refractivity contribution in [1.29, 1.82) is 0 Å². The minimum absolute atomic E-state index is 0.0407. The molecule has 0 saturated heterocycles. The normalized spacial score (nSPS) is 15.3. The van der Waals surface area contributed by atoms with Gasteiger partial charge in [0.15, 0.2) is 0 Å². The first kappa shape index (κ1) is 19.5. The van der Waals surface area contributed by atoms with Crippen LogP contribution in [0.25, 0.3) is 0 Å². The van der Waals surface area contributed by atoms with Gasteiger partial charge >= 0.3 is 5.97 Å². The van der Waals surface area contributed by atoms with Crippen molar-refractivity contribution in [3.63, 3.8) is 0 Å². The van der Waals surface area contributed by atoms with Crippen molar-refractivity contribution in [2.75, 3.05) is 0 Å². The molecule has 130 valence electrons. The van der Waals surface area contributed by atoms with Crippen LogP contribution >= 0.6 is 0 Å². The topological polar surface area (TPSA) is 26.3 Å². The summed E-state index contributed by atoms with van der Waals surface area (Å²) >= 11 is 0. The number of unbranched alkanes of at least 4 members (excludes halogenated alkanes) is 11. The predicted octanol–water partition coefficient (Wildman–Crippen LogP) is 6.56. The summed E-state index contributed by atoms with van der Waals surface area (Å²) in [5.74, 6) is 0.0407. The van der Waals surface area contributed by atoms with E-state index in [9.17, 15) is 4.79 Å². The molecule has 0 unspecified atom stereocenters. The molecule has 0 N–H and O–H groups in total. The smallest absolute Gasteiger partial charge is 0.306 e. The van der Waals surface area contributed by atoms with Gasteiger partial charge in [0.2, 0.25) is 0 Å². The zero-order valence-corrected chi connectivity index (χ0v) is 14.9. The van der Waals surface area contributed by atoms with Gasteiger partial charge in [0, 0.05) is 6.42 Å². The Labute approximate surface area is 138 Å². The zero-order chi connectivity index (χ0) is 15.9. The lowest BCUT2D eigenvalue weighted by Crippen LogP contribution is -2.14. The lowest BCUT2D eigenvalue weighted by atomic mass is 10.0. The van der Waals surface area contributed by atoms with Crippen molar-refractivity contribution < 1.29 is 9.53 Å². The van der Waals surface area contributed by atoms with Crippen LogP contribution in [0, 0.1) is 0 Å². The number of ether oxygens (including phenoxy) is 1. The Morgan fingerprint density at radius 3 is 1.73 bits per heavy atom. The zero-order valence-electron chi connectivity index (χ0n) is 14.9. The molecule has 0 aromatic heterocycles. The monoisotopic (exact) mass is 310 g/mol. The van der Waals surface area contributed by atoms with Crippen LogP contribution in [-0.4, -0.2) is 12.1 Å². The number of hydrogen-bond donors (Lipinski definition) is 0. The van der Waals surface area contributed by atoms with E-state index in [1.165, 1.54) is 83.5 Å². The molecular weight excluding hydrogens is 272 g/mol. The Morgan fingerprint density at radius 1 is 0.773 bits per heavy atom. The molecule has 2 heteroatoms. The highest BCUT2D eigenvalue weighted by molar-refractivity contribution is 5.69. The molecule has 0 radical (unpaired) electrons. The first-order valence-electron chi connectivity index (χ1n) is 10.0. The van der Waals surface area contributed by atoms with Crippen LogP contribution in [0.2, 0.25) is 0 Å². The summed E-state index contributed by atoms with van der Waals surface area (Å²) in [7, 11) is 0. The molecule has 0 heterocycles. The van der Waals surface area contributed by atoms with Crippen LogP contribution in [0.3, 0.4) is 0 Å². The molecule has 1 saturated carbocycles. The molecular formula is C20H38O2. The molecule has 0 aromatic carbocycles. The van der Waals surface area contributed by atoms with Crippen molar-refractivity contribution in [2.45, 2.75) is 122 Å². The van der Waals surface area contributed by atoms with E-state index in [1.807, 2.05) is 0 Å². The SMILES string of the molecule is CCCCCCCCCCCCCCC(=O)OC1CCCC1. The number of hydrogen-bond acceptors (Lipinski definition) is 2. The second-order valence-corrected chi connectivity index (χ2v) is 7.04. The van der Waals surface area contributed by atoms with E-state index in [1.54, 1.807) is 0 Å². The minimum atomic E-state index is 0.0407. The van der Waals surface area contributed by atoms with E-state index in [0.717, 1.165) is 19.3 Å². The highest BCUT2D eigenvalue weighted by Crippen LogP contribution is 2.21. The van der Waals surface area contributed by atoms with Gasteiger partial charge in [-0.3, -0.25) is 4.79 Å². The molecule has 0 amide bonds. The van der Waals surface area contributed by atoms with Crippen molar-refractivity contribution in [2.24, 2.45) is 0 Å². The quantitative estimate of drug-likeness (QED) is 0.268. The molecule has 1 aliphatic rings. The van der Waals surface area contributed by atoms with Crippen molar-refractivity contribution >= 4 is 5.97 Å². The summed E-state index contributed by atoms with van der Waals surface area (Å²) in [4.78, 5) is 11.7. The first-order valence-corrected chi connectivity index (χ1v) is 10.0. The third-order valence-electron chi connectivity index (χ3n) is 4.83. The summed E-state index contributed by atoms with van der Waals surface area (Å²) in [5.41, 5.74) is 0. The summed E-state index contributed by atoms with van der Waals surface area (Å²) in [6.07, 6.45) is 21.6. The molecule has 2 nitrogen and oxygen atoms in total. The van der Waals surface area contributed by atoms with Crippen molar-refractivity contribution in [1.82, 2.24) is 0 Å². The second kappa shape index (κ2) is 14.1. The molecule has 0 aromatic rings. The third kappa shape index (κ3) is 11.1. The van der Waals surface area contributed by atoms with Crippen LogP contribution < -0.4 is 0 Å². The predicted molar refractivity (Wildman–Crippen MR) is 94.0 cm³/mol. The van der Waals surface area contributed by atoms with E-state index in [4.69, 9.17) is 4.74 Å². The number of esters is 1. The highest BCUT2D eigenvalue weighted by atomic mass is 16.5. The van der Waals surface area contributed by atoms with E-state index < -0.39 is 0 Å². The fourth-order valence-electron chi connectivity index (χ4n) is 3.36. The maximum atomic E-state index is 11.7. The summed E-state index contributed by atoms with van der Waals surface area (Å²) in [6.45, 7) is 2.27. The molecule has 0 aliphatic heterocycles. The molecule has 0 atom stereocenters. The number of carbonyl (C=O) groups excluding carboxylic acids is 1. The third-order valence-corrected chi connectivity index (χ3v) is 4.83. The van der Waals surface area contributed by atoms with Gasteiger partial charge < -0.3 is 4.74 Å². The lowest BCUT2D eigenvalue weighted by Gasteiger charge is -2.10. The fourth-order valence-corrected chi connectivity index (χ4v) is 3.36. The van der Waals surface area contributed by atoms with E-state index >= 15 is 0 Å². The summed E-state index contributed by atoms with van der Waals surface area (Å²) in [6, 6.07) is 0. The Hall–Kier alpha value is -0.530. The van der Waals surface area contributed by atoms with E-state index in [2.05, 4.69) is 6.92 Å². The van der Waals surface area contributed by atoms with Crippen molar-refractivity contribution in [3.05, 3.63) is 0 Å². The number of rotatable bonds is 14. The van der Waals surface area contributed by atoms with Gasteiger partial charge in [0.1, 0.15) is 6.10 Å². The lowest BCUT2D eigenvalue weighted by molar-refractivity contribution is -0.148. The van der Waals surface area contributed by atoms with Gasteiger partial charge in [-0.05, 0) is 32.1 Å². The van der Waals surface area contributed by atoms with Crippen molar-refractivity contribution in [3.8, 4) is 0 Å². The largest absolute Gasteiger partial charge is 0.462 e. The van der Waals surface area contributed by atoms with Crippen LogP contribution in [0.5, 0.6) is 0 Å². The Morgan fingerprint density at radius 2 is 1.23 bits per heavy atom. The Bertz CT molecular complexity index is 256. The summed E-state index contributed by atoms with van der Waals surface area (Å²) in [5, 5.41) is 0. The Kier molecular flexibility index (Phi) is 12.5. The molecule has 1 fully saturated rings. The van der Waals surface area contributed by atoms with Gasteiger partial charge in [-0.1, -0.05) is 77.6 Å². The Balaban J connectivity index is 1.75. The van der Waals surface area contributed by atoms with E-state index in [0.29, 0.717) is 6.42 Å². The molecule has 1 aliphatic carbocycles. The fraction of sp³-hybridized carbons (Fsp3) is 0.950. The van der Waals surface area contributed by atoms with Crippen LogP contribution in [0.15, 0.2) is 0 Å². The standard InChI is InChI=1S/C20H38O2/c1-2-3-4-5-6-7-8-9-10-11-12-13-18-20(21)22-19-16-14-15-17-19/h19H,2-18H2,1H3. The minimum Gasteiger partial charge on any atom is -0.462 e. The maximum Gasteiger partial charge on any atom is 0.306 e. The van der Waals surface area contributed by atoms with Crippen LogP contribution in [-0.2, 0) is 9.53 Å². The second-order valence-electron chi connectivity index (χ2n) is 7.04. The number of carbonyl (C=O) groups is 1. The van der Waals surface area contributed by atoms with Gasteiger partial charge in [-0.2, -0.15) is 0 Å². The molecule has 0 bridgehead atoms. The molecule has 0 spiro atoms. The molecule has 22 heavy (non-hydrogen) atoms. The van der Waals surface area contributed by atoms with E-state index in [-0.39, 0.29) is 12.1 Å². The van der Waals surface area contributed by atoms with Crippen LogP contribution in [0.1, 0.15) is 116 Å². The van der Waals surface area contributed by atoms with Gasteiger partial charge in [0.05, 0.1) is 0 Å². The van der Waals surface area contributed by atoms with Crippen LogP contribution in [0.4, 0.5) is 0 Å². The van der Waals surface area contributed by atoms with Gasteiger partial charge in [-0.15, -0.1) is 0 Å². The average Bonchev–Trinajstić information content (AvgIpc) is 3.01. The first-order chi connectivity index (χ1) is 10.8. The molecule has 1 rings (SSSR count).